The molecule has 0 saturated carbocycles. The summed E-state index contributed by atoms with van der Waals surface area (Å²) >= 11 is 0. The lowest BCUT2D eigenvalue weighted by Gasteiger charge is -2.26. The largest absolute Gasteiger partial charge is 0.480 e. The van der Waals surface area contributed by atoms with Gasteiger partial charge in [0.15, 0.2) is 0 Å². The second kappa shape index (κ2) is 6.00. The van der Waals surface area contributed by atoms with Gasteiger partial charge in [0.05, 0.1) is 0 Å². The van der Waals surface area contributed by atoms with Gasteiger partial charge in [-0.15, -0.1) is 0 Å². The number of carboxylic acids is 1. The summed E-state index contributed by atoms with van der Waals surface area (Å²) in [6.07, 6.45) is 0. The van der Waals surface area contributed by atoms with Gasteiger partial charge < -0.3 is 15.6 Å². The molecule has 1 aromatic rings. The van der Waals surface area contributed by atoms with Crippen LogP contribution in [0, 0.1) is 5.82 Å². The lowest BCUT2D eigenvalue weighted by Crippen LogP contribution is -2.42. The zero-order valence-corrected chi connectivity index (χ0v) is 11.6. The topological polar surface area (TPSA) is 89.6 Å². The molecule has 0 radical (unpaired) electrons. The SMILES string of the molecule is CC(C)(C)OC(=O)C(c1cccc(F)c1)C(N)C(=O)O. The van der Waals surface area contributed by atoms with Gasteiger partial charge in [-0.1, -0.05) is 12.1 Å². The highest BCUT2D eigenvalue weighted by molar-refractivity contribution is 5.87. The summed E-state index contributed by atoms with van der Waals surface area (Å²) in [6.45, 7) is 4.96. The Morgan fingerprint density at radius 3 is 2.40 bits per heavy atom. The normalized spacial score (nSPS) is 14.4. The summed E-state index contributed by atoms with van der Waals surface area (Å²) in [5, 5.41) is 9.00. The van der Waals surface area contributed by atoms with Crippen molar-refractivity contribution in [2.24, 2.45) is 5.73 Å². The smallest absolute Gasteiger partial charge is 0.321 e. The van der Waals surface area contributed by atoms with E-state index >= 15 is 0 Å². The Bertz CT molecular complexity index is 510. The molecular weight excluding hydrogens is 265 g/mol. The van der Waals surface area contributed by atoms with E-state index in [-0.39, 0.29) is 5.56 Å². The molecule has 0 aromatic heterocycles. The molecule has 1 rings (SSSR count). The molecule has 2 unspecified atom stereocenters. The van der Waals surface area contributed by atoms with E-state index in [4.69, 9.17) is 15.6 Å². The quantitative estimate of drug-likeness (QED) is 0.820. The molecule has 20 heavy (non-hydrogen) atoms. The molecule has 0 spiro atoms. The number of hydrogen-bond acceptors (Lipinski definition) is 4. The molecule has 0 saturated heterocycles. The Morgan fingerprint density at radius 1 is 1.35 bits per heavy atom. The number of rotatable bonds is 4. The van der Waals surface area contributed by atoms with E-state index in [9.17, 15) is 14.0 Å². The van der Waals surface area contributed by atoms with Gasteiger partial charge in [-0.3, -0.25) is 9.59 Å². The monoisotopic (exact) mass is 283 g/mol. The summed E-state index contributed by atoms with van der Waals surface area (Å²) in [5.41, 5.74) is 4.92. The molecule has 6 heteroatoms. The van der Waals surface area contributed by atoms with Gasteiger partial charge in [-0.05, 0) is 38.5 Å². The molecule has 0 aliphatic rings. The Hall–Kier alpha value is -1.95. The number of halogens is 1. The standard InChI is InChI=1S/C14H18FNO4/c1-14(2,3)20-13(19)10(11(16)12(17)18)8-5-4-6-9(15)7-8/h4-7,10-11H,16H2,1-3H3,(H,17,18). The van der Waals surface area contributed by atoms with Crippen molar-refractivity contribution >= 4 is 11.9 Å². The highest BCUT2D eigenvalue weighted by atomic mass is 19.1. The third-order valence-corrected chi connectivity index (χ3v) is 2.51. The summed E-state index contributed by atoms with van der Waals surface area (Å²) in [6, 6.07) is 3.60. The van der Waals surface area contributed by atoms with Crippen LogP contribution in [0.4, 0.5) is 4.39 Å². The van der Waals surface area contributed by atoms with Crippen LogP contribution < -0.4 is 5.73 Å². The third kappa shape index (κ3) is 4.31. The summed E-state index contributed by atoms with van der Waals surface area (Å²) in [5.74, 6) is -3.99. The second-order valence-corrected chi connectivity index (χ2v) is 5.43. The van der Waals surface area contributed by atoms with Crippen molar-refractivity contribution in [3.05, 3.63) is 35.6 Å². The molecule has 0 fully saturated rings. The average Bonchev–Trinajstić information content (AvgIpc) is 2.26. The van der Waals surface area contributed by atoms with E-state index < -0.39 is 35.3 Å². The Labute approximate surface area is 116 Å². The molecule has 0 aliphatic carbocycles. The van der Waals surface area contributed by atoms with Gasteiger partial charge in [-0.2, -0.15) is 0 Å². The van der Waals surface area contributed by atoms with Crippen LogP contribution in [0.2, 0.25) is 0 Å². The third-order valence-electron chi connectivity index (χ3n) is 2.51. The molecule has 2 atom stereocenters. The van der Waals surface area contributed by atoms with E-state index in [2.05, 4.69) is 0 Å². The van der Waals surface area contributed by atoms with Crippen LogP contribution in [0.15, 0.2) is 24.3 Å². The van der Waals surface area contributed by atoms with Crippen molar-refractivity contribution in [3.8, 4) is 0 Å². The first-order chi connectivity index (χ1) is 9.11. The van der Waals surface area contributed by atoms with Gasteiger partial charge >= 0.3 is 11.9 Å². The van der Waals surface area contributed by atoms with Gasteiger partial charge in [0.2, 0.25) is 0 Å². The van der Waals surface area contributed by atoms with Crippen LogP contribution in [-0.2, 0) is 14.3 Å². The molecular formula is C14H18FNO4. The maximum Gasteiger partial charge on any atom is 0.321 e. The number of benzene rings is 1. The highest BCUT2D eigenvalue weighted by Gasteiger charge is 2.35. The van der Waals surface area contributed by atoms with Crippen LogP contribution in [-0.4, -0.2) is 28.7 Å². The molecule has 0 heterocycles. The fourth-order valence-corrected chi connectivity index (χ4v) is 1.70. The average molecular weight is 283 g/mol. The van der Waals surface area contributed by atoms with Crippen molar-refractivity contribution in [3.63, 3.8) is 0 Å². The summed E-state index contributed by atoms with van der Waals surface area (Å²) < 4.78 is 18.4. The Balaban J connectivity index is 3.15. The molecule has 3 N–H and O–H groups in total. The van der Waals surface area contributed by atoms with Gasteiger partial charge in [0.25, 0.3) is 0 Å². The minimum absolute atomic E-state index is 0.175. The van der Waals surface area contributed by atoms with Crippen molar-refractivity contribution in [1.29, 1.82) is 0 Å². The number of ether oxygens (including phenoxy) is 1. The highest BCUT2D eigenvalue weighted by Crippen LogP contribution is 2.24. The van der Waals surface area contributed by atoms with Crippen LogP contribution in [0.3, 0.4) is 0 Å². The van der Waals surface area contributed by atoms with Crippen molar-refractivity contribution < 1.29 is 23.8 Å². The first-order valence-electron chi connectivity index (χ1n) is 6.08. The molecule has 5 nitrogen and oxygen atoms in total. The van der Waals surface area contributed by atoms with Crippen LogP contribution in [0.5, 0.6) is 0 Å². The molecule has 1 aromatic carbocycles. The van der Waals surface area contributed by atoms with E-state index in [1.165, 1.54) is 18.2 Å². The maximum absolute atomic E-state index is 13.3. The minimum atomic E-state index is -1.51. The molecule has 0 bridgehead atoms. The zero-order chi connectivity index (χ0) is 15.5. The zero-order valence-electron chi connectivity index (χ0n) is 11.6. The number of carbonyl (C=O) groups excluding carboxylic acids is 1. The van der Waals surface area contributed by atoms with Crippen LogP contribution in [0.25, 0.3) is 0 Å². The number of nitrogens with two attached hydrogens (primary N) is 1. The minimum Gasteiger partial charge on any atom is -0.480 e. The van der Waals surface area contributed by atoms with E-state index in [1.807, 2.05) is 0 Å². The first-order valence-corrected chi connectivity index (χ1v) is 6.08. The Kier molecular flexibility index (Phi) is 4.83. The first kappa shape index (κ1) is 16.1. The fourth-order valence-electron chi connectivity index (χ4n) is 1.70. The number of carboxylic acid groups (broad SMARTS) is 1. The summed E-state index contributed by atoms with van der Waals surface area (Å²) in [7, 11) is 0. The number of carbonyl (C=O) groups is 2. The van der Waals surface area contributed by atoms with E-state index in [0.717, 1.165) is 6.07 Å². The van der Waals surface area contributed by atoms with Crippen LogP contribution >= 0.6 is 0 Å². The number of aliphatic carboxylic acids is 1. The predicted molar refractivity (Wildman–Crippen MR) is 70.6 cm³/mol. The van der Waals surface area contributed by atoms with E-state index in [1.54, 1.807) is 20.8 Å². The maximum atomic E-state index is 13.3. The fraction of sp³-hybridized carbons (Fsp3) is 0.429. The van der Waals surface area contributed by atoms with E-state index in [0.29, 0.717) is 0 Å². The van der Waals surface area contributed by atoms with Gasteiger partial charge in [0.1, 0.15) is 23.4 Å². The number of hydrogen-bond donors (Lipinski definition) is 2. The second-order valence-electron chi connectivity index (χ2n) is 5.43. The van der Waals surface area contributed by atoms with Gasteiger partial charge in [-0.25, -0.2) is 4.39 Å². The molecule has 0 amide bonds. The Morgan fingerprint density at radius 2 is 1.95 bits per heavy atom. The van der Waals surface area contributed by atoms with Crippen molar-refractivity contribution in [2.75, 3.05) is 0 Å². The molecule has 110 valence electrons. The number of esters is 1. The lowest BCUT2D eigenvalue weighted by molar-refractivity contribution is -0.160. The van der Waals surface area contributed by atoms with Gasteiger partial charge in [0, 0.05) is 0 Å². The van der Waals surface area contributed by atoms with Crippen molar-refractivity contribution in [1.82, 2.24) is 0 Å². The summed E-state index contributed by atoms with van der Waals surface area (Å²) in [4.78, 5) is 23.2. The van der Waals surface area contributed by atoms with Crippen LogP contribution in [0.1, 0.15) is 32.3 Å². The predicted octanol–water partition coefficient (Wildman–Crippen LogP) is 1.66. The lowest BCUT2D eigenvalue weighted by atomic mass is 9.91. The van der Waals surface area contributed by atoms with Crippen molar-refractivity contribution in [2.45, 2.75) is 38.3 Å². The molecule has 0 aliphatic heterocycles.